The van der Waals surface area contributed by atoms with E-state index in [2.05, 4.69) is 15.8 Å². The van der Waals surface area contributed by atoms with Gasteiger partial charge in [-0.3, -0.25) is 9.59 Å². The fourth-order valence-corrected chi connectivity index (χ4v) is 3.47. The SMILES string of the molecule is CC(=NNC(=O)c1ccc(Cl)cc1Cl)c1cccc(NC(=O)c2cccs2)c1. The topological polar surface area (TPSA) is 70.6 Å². The number of carbonyl (C=O) groups is 2. The van der Waals surface area contributed by atoms with E-state index in [-0.39, 0.29) is 16.5 Å². The van der Waals surface area contributed by atoms with Crippen molar-refractivity contribution in [2.75, 3.05) is 5.32 Å². The second kappa shape index (κ2) is 9.01. The number of halogens is 2. The van der Waals surface area contributed by atoms with Crippen molar-refractivity contribution in [1.29, 1.82) is 0 Å². The number of hydrogen-bond donors (Lipinski definition) is 2. The Kier molecular flexibility index (Phi) is 6.46. The second-order valence-corrected chi connectivity index (χ2v) is 7.57. The van der Waals surface area contributed by atoms with E-state index in [0.717, 1.165) is 5.56 Å². The highest BCUT2D eigenvalue weighted by Gasteiger charge is 2.11. The number of benzene rings is 2. The highest BCUT2D eigenvalue weighted by molar-refractivity contribution is 7.12. The zero-order chi connectivity index (χ0) is 20.1. The van der Waals surface area contributed by atoms with Crippen molar-refractivity contribution >= 4 is 57.8 Å². The second-order valence-electron chi connectivity index (χ2n) is 5.77. The summed E-state index contributed by atoms with van der Waals surface area (Å²) in [4.78, 5) is 25.1. The van der Waals surface area contributed by atoms with Crippen molar-refractivity contribution in [3.05, 3.63) is 86.0 Å². The minimum absolute atomic E-state index is 0.174. The van der Waals surface area contributed by atoms with Gasteiger partial charge in [0.05, 0.1) is 21.2 Å². The summed E-state index contributed by atoms with van der Waals surface area (Å²) in [6.45, 7) is 1.75. The van der Waals surface area contributed by atoms with Crippen LogP contribution in [0, 0.1) is 0 Å². The number of carbonyl (C=O) groups excluding carboxylic acids is 2. The molecule has 0 aliphatic heterocycles. The van der Waals surface area contributed by atoms with Crippen molar-refractivity contribution in [3.63, 3.8) is 0 Å². The maximum atomic E-state index is 12.3. The van der Waals surface area contributed by atoms with E-state index in [1.165, 1.54) is 23.5 Å². The molecule has 2 N–H and O–H groups in total. The molecule has 1 heterocycles. The number of rotatable bonds is 5. The maximum absolute atomic E-state index is 12.3. The van der Waals surface area contributed by atoms with E-state index in [0.29, 0.717) is 21.3 Å². The van der Waals surface area contributed by atoms with Crippen molar-refractivity contribution < 1.29 is 9.59 Å². The summed E-state index contributed by atoms with van der Waals surface area (Å²) in [5.41, 5.74) is 4.72. The molecular weight excluding hydrogens is 417 g/mol. The van der Waals surface area contributed by atoms with E-state index in [1.807, 2.05) is 17.5 Å². The summed E-state index contributed by atoms with van der Waals surface area (Å²) in [5, 5.41) is 9.50. The molecule has 0 atom stereocenters. The quantitative estimate of drug-likeness (QED) is 0.415. The van der Waals surface area contributed by atoms with Gasteiger partial charge in [0.1, 0.15) is 0 Å². The molecule has 1 aromatic heterocycles. The molecule has 3 aromatic rings. The Morgan fingerprint density at radius 3 is 2.54 bits per heavy atom. The Labute approximate surface area is 176 Å². The van der Waals surface area contributed by atoms with Crippen LogP contribution in [-0.2, 0) is 0 Å². The van der Waals surface area contributed by atoms with Gasteiger partial charge in [-0.15, -0.1) is 11.3 Å². The van der Waals surface area contributed by atoms with Crippen molar-refractivity contribution in [3.8, 4) is 0 Å². The third-order valence-electron chi connectivity index (χ3n) is 3.78. The minimum Gasteiger partial charge on any atom is -0.321 e. The lowest BCUT2D eigenvalue weighted by atomic mass is 10.1. The van der Waals surface area contributed by atoms with Crippen LogP contribution >= 0.6 is 34.5 Å². The van der Waals surface area contributed by atoms with Gasteiger partial charge in [0.25, 0.3) is 11.8 Å². The Morgan fingerprint density at radius 2 is 1.82 bits per heavy atom. The first-order valence-corrected chi connectivity index (χ1v) is 9.82. The van der Waals surface area contributed by atoms with Crippen molar-refractivity contribution in [1.82, 2.24) is 5.43 Å². The lowest BCUT2D eigenvalue weighted by Gasteiger charge is -2.07. The Morgan fingerprint density at radius 1 is 1.00 bits per heavy atom. The number of hydrogen-bond acceptors (Lipinski definition) is 4. The van der Waals surface area contributed by atoms with E-state index in [9.17, 15) is 9.59 Å². The van der Waals surface area contributed by atoms with Crippen molar-refractivity contribution in [2.45, 2.75) is 6.92 Å². The lowest BCUT2D eigenvalue weighted by molar-refractivity contribution is 0.0954. The zero-order valence-corrected chi connectivity index (χ0v) is 17.0. The van der Waals surface area contributed by atoms with Gasteiger partial charge in [-0.05, 0) is 54.3 Å². The van der Waals surface area contributed by atoms with Crippen LogP contribution in [0.2, 0.25) is 10.0 Å². The fraction of sp³-hybridized carbons (Fsp3) is 0.0500. The standard InChI is InChI=1S/C20H15Cl2N3O2S/c1-12(24-25-19(26)16-8-7-14(21)11-17(16)22)13-4-2-5-15(10-13)23-20(27)18-6-3-9-28-18/h2-11H,1H3,(H,23,27)(H,25,26). The van der Waals surface area contributed by atoms with Crippen LogP contribution in [-0.4, -0.2) is 17.5 Å². The predicted octanol–water partition coefficient (Wildman–Crippen LogP) is 5.46. The summed E-state index contributed by atoms with van der Waals surface area (Å²) in [5.74, 6) is -0.615. The zero-order valence-electron chi connectivity index (χ0n) is 14.7. The van der Waals surface area contributed by atoms with Crippen LogP contribution in [0.15, 0.2) is 65.1 Å². The minimum atomic E-state index is -0.442. The average molecular weight is 432 g/mol. The molecule has 0 radical (unpaired) electrons. The molecule has 8 heteroatoms. The average Bonchev–Trinajstić information content (AvgIpc) is 3.21. The summed E-state index contributed by atoms with van der Waals surface area (Å²) < 4.78 is 0. The molecule has 28 heavy (non-hydrogen) atoms. The molecule has 0 aliphatic carbocycles. The molecule has 3 rings (SSSR count). The number of anilines is 1. The normalized spacial score (nSPS) is 11.2. The molecule has 0 aliphatic rings. The number of nitrogens with zero attached hydrogens (tertiary/aromatic N) is 1. The van der Waals surface area contributed by atoms with E-state index < -0.39 is 5.91 Å². The summed E-state index contributed by atoms with van der Waals surface area (Å²) in [6.07, 6.45) is 0. The first-order chi connectivity index (χ1) is 13.4. The molecule has 142 valence electrons. The number of amides is 2. The third kappa shape index (κ3) is 4.98. The van der Waals surface area contributed by atoms with E-state index in [4.69, 9.17) is 23.2 Å². The first-order valence-electron chi connectivity index (χ1n) is 8.19. The molecule has 0 unspecified atom stereocenters. The Balaban J connectivity index is 1.70. The van der Waals surface area contributed by atoms with Crippen LogP contribution in [0.1, 0.15) is 32.5 Å². The molecule has 0 saturated heterocycles. The largest absolute Gasteiger partial charge is 0.321 e. The monoisotopic (exact) mass is 431 g/mol. The molecule has 0 bridgehead atoms. The van der Waals surface area contributed by atoms with Crippen LogP contribution in [0.5, 0.6) is 0 Å². The van der Waals surface area contributed by atoms with Crippen LogP contribution < -0.4 is 10.7 Å². The smallest absolute Gasteiger partial charge is 0.272 e. The van der Waals surface area contributed by atoms with Gasteiger partial charge in [-0.25, -0.2) is 5.43 Å². The molecule has 0 saturated carbocycles. The van der Waals surface area contributed by atoms with Crippen LogP contribution in [0.4, 0.5) is 5.69 Å². The van der Waals surface area contributed by atoms with Gasteiger partial charge in [-0.2, -0.15) is 5.10 Å². The molecule has 5 nitrogen and oxygen atoms in total. The van der Waals surface area contributed by atoms with Gasteiger partial charge in [-0.1, -0.05) is 41.4 Å². The Bertz CT molecular complexity index is 1050. The fourth-order valence-electron chi connectivity index (χ4n) is 2.36. The molecule has 0 spiro atoms. The van der Waals surface area contributed by atoms with Crippen LogP contribution in [0.3, 0.4) is 0 Å². The van der Waals surface area contributed by atoms with Gasteiger partial charge >= 0.3 is 0 Å². The number of nitrogens with one attached hydrogen (secondary N) is 2. The lowest BCUT2D eigenvalue weighted by Crippen LogP contribution is -2.19. The van der Waals surface area contributed by atoms with Gasteiger partial charge in [0, 0.05) is 10.7 Å². The highest BCUT2D eigenvalue weighted by atomic mass is 35.5. The van der Waals surface area contributed by atoms with E-state index >= 15 is 0 Å². The molecule has 2 amide bonds. The summed E-state index contributed by atoms with van der Waals surface area (Å²) in [6, 6.07) is 15.4. The Hall–Kier alpha value is -2.67. The van der Waals surface area contributed by atoms with Gasteiger partial charge in [0.2, 0.25) is 0 Å². The van der Waals surface area contributed by atoms with Crippen molar-refractivity contribution in [2.24, 2.45) is 5.10 Å². The number of hydrazone groups is 1. The van der Waals surface area contributed by atoms with Crippen LogP contribution in [0.25, 0.3) is 0 Å². The third-order valence-corrected chi connectivity index (χ3v) is 5.20. The predicted molar refractivity (Wildman–Crippen MR) is 115 cm³/mol. The molecular formula is C20H15Cl2N3O2S. The maximum Gasteiger partial charge on any atom is 0.272 e. The van der Waals surface area contributed by atoms with Gasteiger partial charge < -0.3 is 5.32 Å². The summed E-state index contributed by atoms with van der Waals surface area (Å²) >= 11 is 13.2. The molecule has 0 fully saturated rings. The van der Waals surface area contributed by atoms with Gasteiger partial charge in [0.15, 0.2) is 0 Å². The summed E-state index contributed by atoms with van der Waals surface area (Å²) in [7, 11) is 0. The number of thiophene rings is 1. The van der Waals surface area contributed by atoms with E-state index in [1.54, 1.807) is 37.3 Å². The molecule has 2 aromatic carbocycles. The highest BCUT2D eigenvalue weighted by Crippen LogP contribution is 2.21. The first kappa shape index (κ1) is 20.1.